The van der Waals surface area contributed by atoms with E-state index in [1.165, 1.54) is 11.8 Å². The van der Waals surface area contributed by atoms with Crippen LogP contribution in [-0.4, -0.2) is 32.6 Å². The van der Waals surface area contributed by atoms with Crippen molar-refractivity contribution in [3.63, 3.8) is 0 Å². The third-order valence-corrected chi connectivity index (χ3v) is 5.49. The van der Waals surface area contributed by atoms with Gasteiger partial charge in [-0.3, -0.25) is 9.36 Å². The van der Waals surface area contributed by atoms with Gasteiger partial charge in [0.05, 0.1) is 11.6 Å². The lowest BCUT2D eigenvalue weighted by atomic mass is 10.3. The number of aromatic nitrogens is 3. The quantitative estimate of drug-likeness (QED) is 0.732. The number of thioether (sulfide) groups is 1. The van der Waals surface area contributed by atoms with Gasteiger partial charge >= 0.3 is 5.97 Å². The monoisotopic (exact) mass is 365 g/mol. The van der Waals surface area contributed by atoms with Gasteiger partial charge in [-0.15, -0.1) is 10.2 Å². The summed E-state index contributed by atoms with van der Waals surface area (Å²) in [5.41, 5.74) is 0. The first-order chi connectivity index (χ1) is 11.7. The molecule has 2 aromatic rings. The van der Waals surface area contributed by atoms with Crippen molar-refractivity contribution in [1.29, 1.82) is 0 Å². The largest absolute Gasteiger partial charge is 0.484 e. The van der Waals surface area contributed by atoms with E-state index in [4.69, 9.17) is 21.1 Å². The molecule has 24 heavy (non-hydrogen) atoms. The molecule has 1 aliphatic heterocycles. The number of esters is 1. The van der Waals surface area contributed by atoms with Crippen molar-refractivity contribution in [2.45, 2.75) is 42.3 Å². The van der Waals surface area contributed by atoms with E-state index in [0.29, 0.717) is 36.4 Å². The molecule has 8 heteroatoms. The van der Waals surface area contributed by atoms with Gasteiger partial charge in [-0.05, 0) is 25.0 Å². The first kappa shape index (κ1) is 15.8. The minimum Gasteiger partial charge on any atom is -0.484 e. The summed E-state index contributed by atoms with van der Waals surface area (Å²) in [4.78, 5) is 11.7. The third-order valence-electron chi connectivity index (χ3n) is 3.98. The number of hydrogen-bond acceptors (Lipinski definition) is 6. The molecule has 1 saturated carbocycles. The molecular weight excluding hydrogens is 350 g/mol. The maximum atomic E-state index is 11.7. The molecule has 1 atom stereocenters. The third kappa shape index (κ3) is 3.23. The fourth-order valence-corrected chi connectivity index (χ4v) is 3.88. The minimum absolute atomic E-state index is 0.167. The Morgan fingerprint density at radius 2 is 2.12 bits per heavy atom. The second-order valence-electron chi connectivity index (χ2n) is 5.78. The first-order valence-electron chi connectivity index (χ1n) is 7.87. The molecule has 4 rings (SSSR count). The number of rotatable bonds is 6. The van der Waals surface area contributed by atoms with Gasteiger partial charge in [-0.2, -0.15) is 0 Å². The zero-order valence-corrected chi connectivity index (χ0v) is 14.4. The summed E-state index contributed by atoms with van der Waals surface area (Å²) >= 11 is 7.55. The van der Waals surface area contributed by atoms with E-state index in [0.717, 1.165) is 23.8 Å². The number of cyclic esters (lactones) is 1. The zero-order chi connectivity index (χ0) is 16.5. The lowest BCUT2D eigenvalue weighted by molar-refractivity contribution is -0.137. The molecule has 2 heterocycles. The highest BCUT2D eigenvalue weighted by Crippen LogP contribution is 2.40. The van der Waals surface area contributed by atoms with Crippen molar-refractivity contribution in [2.24, 2.45) is 0 Å². The molecule has 6 nitrogen and oxygen atoms in total. The van der Waals surface area contributed by atoms with Gasteiger partial charge in [0.1, 0.15) is 17.6 Å². The normalized spacial score (nSPS) is 20.2. The van der Waals surface area contributed by atoms with E-state index < -0.39 is 0 Å². The summed E-state index contributed by atoms with van der Waals surface area (Å²) in [6, 6.07) is 7.74. The molecule has 0 unspecified atom stereocenters. The molecule has 1 aliphatic carbocycles. The predicted octanol–water partition coefficient (Wildman–Crippen LogP) is 3.25. The molecule has 126 valence electrons. The van der Waals surface area contributed by atoms with Crippen LogP contribution < -0.4 is 4.74 Å². The van der Waals surface area contributed by atoms with Crippen LogP contribution in [0.3, 0.4) is 0 Å². The van der Waals surface area contributed by atoms with Crippen LogP contribution in [0.15, 0.2) is 29.4 Å². The number of carbonyl (C=O) groups excluding carboxylic acids is 1. The molecule has 1 saturated heterocycles. The average Bonchev–Trinajstić information content (AvgIpc) is 3.22. The predicted molar refractivity (Wildman–Crippen MR) is 89.3 cm³/mol. The summed E-state index contributed by atoms with van der Waals surface area (Å²) in [5.74, 6) is 1.21. The molecule has 0 amide bonds. The maximum absolute atomic E-state index is 11.7. The summed E-state index contributed by atoms with van der Waals surface area (Å²) in [7, 11) is 0. The van der Waals surface area contributed by atoms with Crippen molar-refractivity contribution in [3.05, 3.63) is 35.1 Å². The molecule has 1 aromatic heterocycles. The Kier molecular flexibility index (Phi) is 4.37. The van der Waals surface area contributed by atoms with Crippen LogP contribution in [0.25, 0.3) is 0 Å². The lowest BCUT2D eigenvalue weighted by Crippen LogP contribution is -2.12. The van der Waals surface area contributed by atoms with E-state index in [2.05, 4.69) is 14.8 Å². The topological polar surface area (TPSA) is 66.2 Å². The Labute approximate surface area is 148 Å². The van der Waals surface area contributed by atoms with E-state index in [1.807, 2.05) is 18.2 Å². The van der Waals surface area contributed by atoms with Gasteiger partial charge in [-0.1, -0.05) is 35.5 Å². The van der Waals surface area contributed by atoms with E-state index in [1.54, 1.807) is 6.07 Å². The Balaban J connectivity index is 1.51. The Morgan fingerprint density at radius 3 is 2.83 bits per heavy atom. The SMILES string of the molecule is O=C1OCC[C@@H]1Sc1nnc(COc2ccccc2Cl)n1C1CC1. The highest BCUT2D eigenvalue weighted by Gasteiger charge is 2.34. The number of carbonyl (C=O) groups is 1. The van der Waals surface area contributed by atoms with Crippen molar-refractivity contribution in [2.75, 3.05) is 6.61 Å². The van der Waals surface area contributed by atoms with Crippen molar-refractivity contribution >= 4 is 29.3 Å². The molecule has 1 aromatic carbocycles. The van der Waals surface area contributed by atoms with Gasteiger partial charge < -0.3 is 9.47 Å². The maximum Gasteiger partial charge on any atom is 0.319 e. The summed E-state index contributed by atoms with van der Waals surface area (Å²) in [5, 5.41) is 9.67. The number of benzene rings is 1. The number of ether oxygens (including phenoxy) is 2. The molecule has 2 aliphatic rings. The summed E-state index contributed by atoms with van der Waals surface area (Å²) in [6.07, 6.45) is 2.91. The minimum atomic E-state index is -0.191. The molecule has 2 fully saturated rings. The Morgan fingerprint density at radius 1 is 1.29 bits per heavy atom. The van der Waals surface area contributed by atoms with Gasteiger partial charge in [-0.25, -0.2) is 0 Å². The summed E-state index contributed by atoms with van der Waals surface area (Å²) in [6.45, 7) is 0.777. The van der Waals surface area contributed by atoms with E-state index >= 15 is 0 Å². The fourth-order valence-electron chi connectivity index (χ4n) is 2.60. The van der Waals surface area contributed by atoms with E-state index in [-0.39, 0.29) is 11.2 Å². The van der Waals surface area contributed by atoms with Crippen LogP contribution >= 0.6 is 23.4 Å². The van der Waals surface area contributed by atoms with Crippen LogP contribution in [0, 0.1) is 0 Å². The average molecular weight is 366 g/mol. The van der Waals surface area contributed by atoms with Crippen LogP contribution in [0.4, 0.5) is 0 Å². The first-order valence-corrected chi connectivity index (χ1v) is 9.12. The molecule has 0 N–H and O–H groups in total. The molecule has 0 radical (unpaired) electrons. The number of para-hydroxylation sites is 1. The van der Waals surface area contributed by atoms with Crippen LogP contribution in [0.5, 0.6) is 5.75 Å². The highest BCUT2D eigenvalue weighted by molar-refractivity contribution is 8.00. The Bertz CT molecular complexity index is 763. The van der Waals surface area contributed by atoms with Gasteiger partial charge in [0.25, 0.3) is 0 Å². The highest BCUT2D eigenvalue weighted by atomic mass is 35.5. The fraction of sp³-hybridized carbons (Fsp3) is 0.438. The van der Waals surface area contributed by atoms with Crippen LogP contribution in [-0.2, 0) is 16.1 Å². The van der Waals surface area contributed by atoms with Gasteiger partial charge in [0, 0.05) is 12.5 Å². The number of halogens is 1. The molecule has 0 bridgehead atoms. The zero-order valence-electron chi connectivity index (χ0n) is 12.9. The van der Waals surface area contributed by atoms with Gasteiger partial charge in [0.15, 0.2) is 11.0 Å². The van der Waals surface area contributed by atoms with Crippen LogP contribution in [0.1, 0.15) is 31.1 Å². The molecule has 0 spiro atoms. The van der Waals surface area contributed by atoms with Crippen molar-refractivity contribution in [1.82, 2.24) is 14.8 Å². The smallest absolute Gasteiger partial charge is 0.319 e. The van der Waals surface area contributed by atoms with Crippen molar-refractivity contribution in [3.8, 4) is 5.75 Å². The Hall–Kier alpha value is -1.73. The second-order valence-corrected chi connectivity index (χ2v) is 7.36. The second kappa shape index (κ2) is 6.64. The standard InChI is InChI=1S/C16H16ClN3O3S/c17-11-3-1-2-4-12(11)23-9-14-18-19-16(20(14)10-5-6-10)24-13-7-8-22-15(13)21/h1-4,10,13H,5-9H2/t13-/m0/s1. The lowest BCUT2D eigenvalue weighted by Gasteiger charge is -2.11. The van der Waals surface area contributed by atoms with Gasteiger partial charge in [0.2, 0.25) is 0 Å². The number of nitrogens with zero attached hydrogens (tertiary/aromatic N) is 3. The van der Waals surface area contributed by atoms with Crippen molar-refractivity contribution < 1.29 is 14.3 Å². The molecular formula is C16H16ClN3O3S. The van der Waals surface area contributed by atoms with Crippen LogP contribution in [0.2, 0.25) is 5.02 Å². The summed E-state index contributed by atoms with van der Waals surface area (Å²) < 4.78 is 12.9. The number of hydrogen-bond donors (Lipinski definition) is 0. The van der Waals surface area contributed by atoms with E-state index in [9.17, 15) is 4.79 Å².